The lowest BCUT2D eigenvalue weighted by atomic mass is 10.2. The maximum Gasteiger partial charge on any atom is 0.269 e. The van der Waals surface area contributed by atoms with Gasteiger partial charge in [0.15, 0.2) is 0 Å². The summed E-state index contributed by atoms with van der Waals surface area (Å²) in [4.78, 5) is 16.0. The van der Waals surface area contributed by atoms with Crippen molar-refractivity contribution in [3.63, 3.8) is 0 Å². The predicted molar refractivity (Wildman–Crippen MR) is 87.8 cm³/mol. The summed E-state index contributed by atoms with van der Waals surface area (Å²) in [6, 6.07) is 7.65. The fourth-order valence-corrected chi connectivity index (χ4v) is 2.03. The van der Waals surface area contributed by atoms with E-state index >= 15 is 0 Å². The van der Waals surface area contributed by atoms with Crippen molar-refractivity contribution in [2.75, 3.05) is 25.6 Å². The van der Waals surface area contributed by atoms with Gasteiger partial charge in [0.05, 0.1) is 16.9 Å². The Bertz CT molecular complexity index is 665. The van der Waals surface area contributed by atoms with Crippen LogP contribution in [0.15, 0.2) is 36.5 Å². The zero-order valence-corrected chi connectivity index (χ0v) is 13.4. The van der Waals surface area contributed by atoms with Gasteiger partial charge >= 0.3 is 0 Å². The van der Waals surface area contributed by atoms with Crippen molar-refractivity contribution in [2.24, 2.45) is 0 Å². The van der Waals surface area contributed by atoms with Crippen LogP contribution in [0.3, 0.4) is 0 Å². The van der Waals surface area contributed by atoms with Crippen LogP contribution in [0.2, 0.25) is 5.02 Å². The third kappa shape index (κ3) is 5.19. The van der Waals surface area contributed by atoms with E-state index < -0.39 is 5.82 Å². The molecule has 0 saturated heterocycles. The minimum atomic E-state index is -0.476. The van der Waals surface area contributed by atoms with E-state index in [9.17, 15) is 9.18 Å². The number of hydrogen-bond acceptors (Lipinski definition) is 4. The van der Waals surface area contributed by atoms with Crippen LogP contribution in [0.25, 0.3) is 0 Å². The predicted octanol–water partition coefficient (Wildman–Crippen LogP) is 3.38. The summed E-state index contributed by atoms with van der Waals surface area (Å²) >= 11 is 5.73. The van der Waals surface area contributed by atoms with Crippen LogP contribution in [-0.4, -0.2) is 31.2 Å². The van der Waals surface area contributed by atoms with E-state index in [1.54, 1.807) is 25.3 Å². The van der Waals surface area contributed by atoms with Gasteiger partial charge in [0.1, 0.15) is 11.5 Å². The molecule has 0 atom stereocenters. The summed E-state index contributed by atoms with van der Waals surface area (Å²) < 4.78 is 18.0. The maximum absolute atomic E-state index is 13.1. The summed E-state index contributed by atoms with van der Waals surface area (Å²) in [7, 11) is 1.61. The Labute approximate surface area is 138 Å². The van der Waals surface area contributed by atoms with Gasteiger partial charge in [0.25, 0.3) is 5.91 Å². The molecule has 0 aliphatic heterocycles. The van der Waals surface area contributed by atoms with Crippen LogP contribution in [0.1, 0.15) is 16.9 Å². The van der Waals surface area contributed by atoms with Gasteiger partial charge < -0.3 is 15.4 Å². The first-order valence-corrected chi connectivity index (χ1v) is 7.43. The zero-order valence-electron chi connectivity index (χ0n) is 12.6. The average Bonchev–Trinajstić information content (AvgIpc) is 2.55. The molecule has 0 saturated carbocycles. The fraction of sp³-hybridized carbons (Fsp3) is 0.250. The average molecular weight is 338 g/mol. The second kappa shape index (κ2) is 8.45. The van der Waals surface area contributed by atoms with Crippen molar-refractivity contribution < 1.29 is 13.9 Å². The minimum Gasteiger partial charge on any atom is -0.385 e. The van der Waals surface area contributed by atoms with E-state index in [0.29, 0.717) is 30.2 Å². The third-order valence-electron chi connectivity index (χ3n) is 3.02. The zero-order chi connectivity index (χ0) is 16.7. The number of nitrogens with one attached hydrogen (secondary N) is 2. The van der Waals surface area contributed by atoms with Crippen molar-refractivity contribution in [1.29, 1.82) is 0 Å². The number of ether oxygens (including phenoxy) is 1. The summed E-state index contributed by atoms with van der Waals surface area (Å²) in [5, 5.41) is 5.83. The Morgan fingerprint density at radius 1 is 1.30 bits per heavy atom. The molecule has 0 aliphatic carbocycles. The SMILES string of the molecule is COCCCNC(=O)c1ccc(Nc2ccc(F)c(Cl)c2)cn1. The number of halogens is 2. The van der Waals surface area contributed by atoms with Crippen molar-refractivity contribution in [2.45, 2.75) is 6.42 Å². The molecule has 122 valence electrons. The lowest BCUT2D eigenvalue weighted by Crippen LogP contribution is -2.26. The molecule has 1 heterocycles. The molecule has 0 unspecified atom stereocenters. The lowest BCUT2D eigenvalue weighted by molar-refractivity contribution is 0.0943. The third-order valence-corrected chi connectivity index (χ3v) is 3.30. The highest BCUT2D eigenvalue weighted by Gasteiger charge is 2.07. The molecule has 2 aromatic rings. The van der Waals surface area contributed by atoms with Crippen LogP contribution in [0.5, 0.6) is 0 Å². The topological polar surface area (TPSA) is 63.2 Å². The Morgan fingerprint density at radius 3 is 2.74 bits per heavy atom. The molecule has 0 spiro atoms. The molecule has 1 aromatic carbocycles. The molecule has 2 rings (SSSR count). The van der Waals surface area contributed by atoms with Crippen molar-refractivity contribution in [3.05, 3.63) is 53.1 Å². The molecule has 5 nitrogen and oxygen atoms in total. The molecular formula is C16H17ClFN3O2. The van der Waals surface area contributed by atoms with Gasteiger partial charge in [-0.25, -0.2) is 9.37 Å². The highest BCUT2D eigenvalue weighted by atomic mass is 35.5. The van der Waals surface area contributed by atoms with Gasteiger partial charge in [-0.3, -0.25) is 4.79 Å². The second-order valence-electron chi connectivity index (χ2n) is 4.79. The first-order chi connectivity index (χ1) is 11.1. The Balaban J connectivity index is 1.93. The number of carbonyl (C=O) groups is 1. The van der Waals surface area contributed by atoms with Gasteiger partial charge in [0.2, 0.25) is 0 Å². The van der Waals surface area contributed by atoms with Crippen LogP contribution >= 0.6 is 11.6 Å². The number of pyridine rings is 1. The number of amides is 1. The number of aromatic nitrogens is 1. The number of benzene rings is 1. The van der Waals surface area contributed by atoms with Crippen LogP contribution in [-0.2, 0) is 4.74 Å². The van der Waals surface area contributed by atoms with Gasteiger partial charge in [0, 0.05) is 25.9 Å². The molecule has 1 aromatic heterocycles. The Morgan fingerprint density at radius 2 is 2.09 bits per heavy atom. The summed E-state index contributed by atoms with van der Waals surface area (Å²) in [6.07, 6.45) is 2.27. The molecule has 0 bridgehead atoms. The number of methoxy groups -OCH3 is 1. The number of hydrogen-bond donors (Lipinski definition) is 2. The van der Waals surface area contributed by atoms with Crippen LogP contribution < -0.4 is 10.6 Å². The highest BCUT2D eigenvalue weighted by molar-refractivity contribution is 6.31. The summed E-state index contributed by atoms with van der Waals surface area (Å²) in [5.41, 5.74) is 1.63. The monoisotopic (exact) mass is 337 g/mol. The van der Waals surface area contributed by atoms with E-state index in [0.717, 1.165) is 6.42 Å². The molecule has 1 amide bonds. The first kappa shape index (κ1) is 17.2. The van der Waals surface area contributed by atoms with Gasteiger partial charge in [-0.15, -0.1) is 0 Å². The Hall–Kier alpha value is -2.18. The standard InChI is InChI=1S/C16H17ClFN3O2/c1-23-8-2-7-19-16(22)15-6-4-12(10-20-15)21-11-3-5-14(18)13(17)9-11/h3-6,9-10,21H,2,7-8H2,1H3,(H,19,22). The quantitative estimate of drug-likeness (QED) is 0.760. The number of carbonyl (C=O) groups excluding carboxylic acids is 1. The summed E-state index contributed by atoms with van der Waals surface area (Å²) in [6.45, 7) is 1.12. The minimum absolute atomic E-state index is 0.0371. The molecule has 2 N–H and O–H groups in total. The molecule has 7 heteroatoms. The largest absolute Gasteiger partial charge is 0.385 e. The molecular weight excluding hydrogens is 321 g/mol. The van der Waals surface area contributed by atoms with Crippen molar-refractivity contribution in [3.8, 4) is 0 Å². The van der Waals surface area contributed by atoms with Gasteiger partial charge in [-0.1, -0.05) is 11.6 Å². The van der Waals surface area contributed by atoms with Gasteiger partial charge in [-0.05, 0) is 36.8 Å². The smallest absolute Gasteiger partial charge is 0.269 e. The second-order valence-corrected chi connectivity index (χ2v) is 5.20. The lowest BCUT2D eigenvalue weighted by Gasteiger charge is -2.08. The number of nitrogens with zero attached hydrogens (tertiary/aromatic N) is 1. The first-order valence-electron chi connectivity index (χ1n) is 7.05. The van der Waals surface area contributed by atoms with E-state index in [1.165, 1.54) is 18.3 Å². The van der Waals surface area contributed by atoms with Crippen LogP contribution in [0.4, 0.5) is 15.8 Å². The number of anilines is 2. The van der Waals surface area contributed by atoms with E-state index in [1.807, 2.05) is 0 Å². The Kier molecular flexibility index (Phi) is 6.31. The van der Waals surface area contributed by atoms with E-state index in [4.69, 9.17) is 16.3 Å². The molecule has 0 fully saturated rings. The van der Waals surface area contributed by atoms with E-state index in [-0.39, 0.29) is 10.9 Å². The van der Waals surface area contributed by atoms with Crippen molar-refractivity contribution >= 4 is 28.9 Å². The normalized spacial score (nSPS) is 10.4. The summed E-state index contributed by atoms with van der Waals surface area (Å²) in [5.74, 6) is -0.715. The maximum atomic E-state index is 13.1. The molecule has 0 radical (unpaired) electrons. The molecule has 23 heavy (non-hydrogen) atoms. The van der Waals surface area contributed by atoms with Crippen LogP contribution in [0, 0.1) is 5.82 Å². The number of rotatable bonds is 7. The highest BCUT2D eigenvalue weighted by Crippen LogP contribution is 2.22. The van der Waals surface area contributed by atoms with Gasteiger partial charge in [-0.2, -0.15) is 0 Å². The van der Waals surface area contributed by atoms with E-state index in [2.05, 4.69) is 15.6 Å². The van der Waals surface area contributed by atoms with Crippen molar-refractivity contribution in [1.82, 2.24) is 10.3 Å². The fourth-order valence-electron chi connectivity index (χ4n) is 1.85. The molecule has 0 aliphatic rings.